The van der Waals surface area contributed by atoms with E-state index in [0.717, 1.165) is 35.5 Å². The second-order valence-electron chi connectivity index (χ2n) is 7.10. The Hall–Kier alpha value is -2.40. The number of methoxy groups -OCH3 is 1. The number of hydrogen-bond acceptors (Lipinski definition) is 4. The van der Waals surface area contributed by atoms with Gasteiger partial charge in [-0.1, -0.05) is 18.2 Å². The Bertz CT molecular complexity index is 803. The van der Waals surface area contributed by atoms with E-state index in [1.165, 1.54) is 5.56 Å². The second kappa shape index (κ2) is 7.08. The molecule has 2 atom stereocenters. The molecule has 1 fully saturated rings. The molecule has 2 aliphatic rings. The number of carbonyl (C=O) groups is 1. The molecule has 136 valence electrons. The highest BCUT2D eigenvalue weighted by Crippen LogP contribution is 2.43. The SMILES string of the molecule is COc1ccc(CN2C(=O)C3CCOCCC3c3cc(C)cnc32)cc1. The minimum Gasteiger partial charge on any atom is -0.497 e. The van der Waals surface area contributed by atoms with Gasteiger partial charge in [0.1, 0.15) is 11.6 Å². The van der Waals surface area contributed by atoms with Crippen molar-refractivity contribution in [1.82, 2.24) is 4.98 Å². The van der Waals surface area contributed by atoms with E-state index in [-0.39, 0.29) is 17.7 Å². The third-order valence-electron chi connectivity index (χ3n) is 5.40. The summed E-state index contributed by atoms with van der Waals surface area (Å²) in [6.45, 7) is 3.94. The molecule has 1 aromatic heterocycles. The monoisotopic (exact) mass is 352 g/mol. The van der Waals surface area contributed by atoms with Crippen LogP contribution in [0.3, 0.4) is 0 Å². The van der Waals surface area contributed by atoms with Crippen molar-refractivity contribution >= 4 is 11.7 Å². The van der Waals surface area contributed by atoms with Gasteiger partial charge < -0.3 is 9.47 Å². The molecule has 5 nitrogen and oxygen atoms in total. The first-order valence-electron chi connectivity index (χ1n) is 9.16. The van der Waals surface area contributed by atoms with Crippen LogP contribution in [0.5, 0.6) is 5.75 Å². The summed E-state index contributed by atoms with van der Waals surface area (Å²) in [7, 11) is 1.65. The zero-order valence-electron chi connectivity index (χ0n) is 15.3. The van der Waals surface area contributed by atoms with Crippen LogP contribution in [-0.4, -0.2) is 31.2 Å². The number of benzene rings is 1. The van der Waals surface area contributed by atoms with Crippen LogP contribution in [0.2, 0.25) is 0 Å². The quantitative estimate of drug-likeness (QED) is 0.849. The van der Waals surface area contributed by atoms with Crippen molar-refractivity contribution in [3.63, 3.8) is 0 Å². The smallest absolute Gasteiger partial charge is 0.232 e. The Morgan fingerprint density at radius 3 is 2.65 bits per heavy atom. The van der Waals surface area contributed by atoms with E-state index >= 15 is 0 Å². The lowest BCUT2D eigenvalue weighted by Gasteiger charge is -2.38. The lowest BCUT2D eigenvalue weighted by atomic mass is 9.78. The highest BCUT2D eigenvalue weighted by molar-refractivity contribution is 5.97. The molecule has 0 N–H and O–H groups in total. The minimum absolute atomic E-state index is 0.0214. The normalized spacial score (nSPS) is 22.4. The molecule has 2 aliphatic heterocycles. The fraction of sp³-hybridized carbons (Fsp3) is 0.429. The summed E-state index contributed by atoms with van der Waals surface area (Å²) in [6.07, 6.45) is 3.50. The number of anilines is 1. The number of carbonyl (C=O) groups excluding carboxylic acids is 1. The molecule has 0 spiro atoms. The van der Waals surface area contributed by atoms with E-state index in [1.807, 2.05) is 35.4 Å². The summed E-state index contributed by atoms with van der Waals surface area (Å²) in [5, 5.41) is 0. The van der Waals surface area contributed by atoms with Gasteiger partial charge >= 0.3 is 0 Å². The number of aryl methyl sites for hydroxylation is 1. The Labute approximate surface area is 153 Å². The van der Waals surface area contributed by atoms with E-state index in [4.69, 9.17) is 9.47 Å². The fourth-order valence-corrected chi connectivity index (χ4v) is 4.05. The third-order valence-corrected chi connectivity index (χ3v) is 5.40. The fourth-order valence-electron chi connectivity index (χ4n) is 4.05. The van der Waals surface area contributed by atoms with Crippen LogP contribution in [-0.2, 0) is 16.1 Å². The minimum atomic E-state index is -0.0214. The Morgan fingerprint density at radius 2 is 1.92 bits per heavy atom. The number of fused-ring (bicyclic) bond motifs is 3. The molecule has 0 bridgehead atoms. The standard InChI is InChI=1S/C21H24N2O3/c1-14-11-19-17-7-9-26-10-8-18(17)21(24)23(20(19)22-12-14)13-15-3-5-16(25-2)6-4-15/h3-6,11-12,17-18H,7-10,13H2,1-2H3. The summed E-state index contributed by atoms with van der Waals surface area (Å²) < 4.78 is 10.9. The molecule has 3 heterocycles. The van der Waals surface area contributed by atoms with Gasteiger partial charge in [0.15, 0.2) is 0 Å². The average Bonchev–Trinajstić information content (AvgIpc) is 2.92. The van der Waals surface area contributed by atoms with Gasteiger partial charge in [0.05, 0.1) is 13.7 Å². The van der Waals surface area contributed by atoms with Gasteiger partial charge in [0.25, 0.3) is 0 Å². The van der Waals surface area contributed by atoms with Crippen LogP contribution in [0, 0.1) is 12.8 Å². The van der Waals surface area contributed by atoms with E-state index in [1.54, 1.807) is 7.11 Å². The van der Waals surface area contributed by atoms with Crippen LogP contribution in [0.25, 0.3) is 0 Å². The largest absolute Gasteiger partial charge is 0.497 e. The zero-order chi connectivity index (χ0) is 18.1. The molecule has 5 heteroatoms. The van der Waals surface area contributed by atoms with E-state index in [9.17, 15) is 4.79 Å². The first-order valence-corrected chi connectivity index (χ1v) is 9.16. The average molecular weight is 352 g/mol. The maximum Gasteiger partial charge on any atom is 0.232 e. The van der Waals surface area contributed by atoms with Crippen molar-refractivity contribution in [3.8, 4) is 5.75 Å². The second-order valence-corrected chi connectivity index (χ2v) is 7.10. The van der Waals surface area contributed by atoms with Gasteiger partial charge in [-0.2, -0.15) is 0 Å². The summed E-state index contributed by atoms with van der Waals surface area (Å²) in [4.78, 5) is 19.8. The third kappa shape index (κ3) is 3.07. The Balaban J connectivity index is 1.72. The van der Waals surface area contributed by atoms with Crippen LogP contribution in [0.4, 0.5) is 5.82 Å². The number of nitrogens with zero attached hydrogens (tertiary/aromatic N) is 2. The van der Waals surface area contributed by atoms with Crippen LogP contribution < -0.4 is 9.64 Å². The predicted octanol–water partition coefficient (Wildman–Crippen LogP) is 3.46. The maximum atomic E-state index is 13.3. The van der Waals surface area contributed by atoms with Crippen molar-refractivity contribution in [3.05, 3.63) is 53.2 Å². The van der Waals surface area contributed by atoms with Gasteiger partial charge in [-0.3, -0.25) is 9.69 Å². The molecule has 0 aliphatic carbocycles. The van der Waals surface area contributed by atoms with Crippen molar-refractivity contribution in [2.75, 3.05) is 25.2 Å². The number of amides is 1. The van der Waals surface area contributed by atoms with E-state index < -0.39 is 0 Å². The van der Waals surface area contributed by atoms with Crippen molar-refractivity contribution in [2.24, 2.45) is 5.92 Å². The zero-order valence-corrected chi connectivity index (χ0v) is 15.3. The van der Waals surface area contributed by atoms with Crippen LogP contribution in [0.15, 0.2) is 36.5 Å². The number of pyridine rings is 1. The molecule has 26 heavy (non-hydrogen) atoms. The topological polar surface area (TPSA) is 51.7 Å². The van der Waals surface area contributed by atoms with E-state index in [0.29, 0.717) is 19.8 Å². The van der Waals surface area contributed by atoms with Crippen molar-refractivity contribution in [1.29, 1.82) is 0 Å². The van der Waals surface area contributed by atoms with Gasteiger partial charge in [0, 0.05) is 31.2 Å². The molecule has 2 aromatic rings. The first-order chi connectivity index (χ1) is 12.7. The highest BCUT2D eigenvalue weighted by Gasteiger charge is 2.41. The summed E-state index contributed by atoms with van der Waals surface area (Å²) in [5.41, 5.74) is 3.39. The molecule has 0 radical (unpaired) electrons. The predicted molar refractivity (Wildman–Crippen MR) is 99.4 cm³/mol. The first kappa shape index (κ1) is 17.0. The van der Waals surface area contributed by atoms with E-state index in [2.05, 4.69) is 18.0 Å². The van der Waals surface area contributed by atoms with Crippen molar-refractivity contribution in [2.45, 2.75) is 32.2 Å². The number of aromatic nitrogens is 1. The maximum absolute atomic E-state index is 13.3. The summed E-state index contributed by atoms with van der Waals surface area (Å²) >= 11 is 0. The van der Waals surface area contributed by atoms with Gasteiger partial charge in [-0.05, 0) is 48.6 Å². The Morgan fingerprint density at radius 1 is 1.19 bits per heavy atom. The van der Waals surface area contributed by atoms with Crippen LogP contribution >= 0.6 is 0 Å². The molecule has 1 amide bonds. The van der Waals surface area contributed by atoms with Gasteiger partial charge in [-0.25, -0.2) is 4.98 Å². The number of ether oxygens (including phenoxy) is 2. The summed E-state index contributed by atoms with van der Waals surface area (Å²) in [6, 6.07) is 10.0. The van der Waals surface area contributed by atoms with Crippen LogP contribution in [0.1, 0.15) is 35.4 Å². The van der Waals surface area contributed by atoms with Crippen molar-refractivity contribution < 1.29 is 14.3 Å². The number of hydrogen-bond donors (Lipinski definition) is 0. The number of rotatable bonds is 3. The molecule has 2 unspecified atom stereocenters. The molecular formula is C21H24N2O3. The highest BCUT2D eigenvalue weighted by atomic mass is 16.5. The summed E-state index contributed by atoms with van der Waals surface area (Å²) in [5.74, 6) is 1.97. The Kier molecular flexibility index (Phi) is 4.64. The molecule has 4 rings (SSSR count). The molecule has 0 saturated carbocycles. The molecule has 1 saturated heterocycles. The van der Waals surface area contributed by atoms with Gasteiger partial charge in [-0.15, -0.1) is 0 Å². The lowest BCUT2D eigenvalue weighted by molar-refractivity contribution is -0.124. The molecular weight excluding hydrogens is 328 g/mol. The van der Waals surface area contributed by atoms with Gasteiger partial charge in [0.2, 0.25) is 5.91 Å². The molecule has 1 aromatic carbocycles. The lowest BCUT2D eigenvalue weighted by Crippen LogP contribution is -2.43.